The molecule has 0 radical (unpaired) electrons. The molecule has 3 atom stereocenters. The molecule has 182 valence electrons. The van der Waals surface area contributed by atoms with Gasteiger partial charge in [0.1, 0.15) is 16.3 Å². The van der Waals surface area contributed by atoms with Crippen molar-refractivity contribution in [2.24, 2.45) is 0 Å². The Morgan fingerprint density at radius 1 is 1.33 bits per heavy atom. The van der Waals surface area contributed by atoms with Crippen LogP contribution in [0, 0.1) is 0 Å². The zero-order valence-electron chi connectivity index (χ0n) is 19.1. The highest BCUT2D eigenvalue weighted by atomic mass is 35.5. The van der Waals surface area contributed by atoms with Crippen molar-refractivity contribution in [2.75, 3.05) is 24.8 Å². The lowest BCUT2D eigenvalue weighted by atomic mass is 9.90. The normalized spacial score (nSPS) is 22.1. The van der Waals surface area contributed by atoms with Crippen molar-refractivity contribution in [3.63, 3.8) is 0 Å². The number of aromatic hydroxyl groups is 1. The molecule has 3 N–H and O–H groups in total. The Morgan fingerprint density at radius 2 is 1.97 bits per heavy atom. The van der Waals surface area contributed by atoms with Crippen LogP contribution in [0.1, 0.15) is 40.0 Å². The van der Waals surface area contributed by atoms with Crippen molar-refractivity contribution in [2.45, 2.75) is 62.7 Å². The lowest BCUT2D eigenvalue weighted by Gasteiger charge is -2.35. The lowest BCUT2D eigenvalue weighted by molar-refractivity contribution is -0.0338. The molecule has 0 unspecified atom stereocenters. The highest BCUT2D eigenvalue weighted by Crippen LogP contribution is 2.40. The molecule has 1 fully saturated rings. The van der Waals surface area contributed by atoms with Gasteiger partial charge in [-0.15, -0.1) is 0 Å². The first kappa shape index (κ1) is 25.4. The monoisotopic (exact) mass is 501 g/mol. The second kappa shape index (κ2) is 9.22. The summed E-state index contributed by atoms with van der Waals surface area (Å²) in [5.41, 5.74) is -2.13. The van der Waals surface area contributed by atoms with Crippen LogP contribution in [0.3, 0.4) is 0 Å². The molecule has 33 heavy (non-hydrogen) atoms. The van der Waals surface area contributed by atoms with Gasteiger partial charge in [-0.1, -0.05) is 23.0 Å². The smallest absolute Gasteiger partial charge is 0.269 e. The Labute approximate surface area is 197 Å². The average Bonchev–Trinajstić information content (AvgIpc) is 3.12. The Morgan fingerprint density at radius 3 is 2.52 bits per heavy atom. The molecule has 0 amide bonds. The Balaban J connectivity index is 1.95. The lowest BCUT2D eigenvalue weighted by Crippen LogP contribution is -2.48. The number of rotatable bonds is 9. The summed E-state index contributed by atoms with van der Waals surface area (Å²) in [6.07, 6.45) is 2.41. The second-order valence-corrected chi connectivity index (χ2v) is 10.6. The van der Waals surface area contributed by atoms with E-state index in [2.05, 4.69) is 10.6 Å². The van der Waals surface area contributed by atoms with Crippen molar-refractivity contribution in [1.29, 1.82) is 0 Å². The molecule has 0 aromatic heterocycles. The molecule has 2 aromatic rings. The molecule has 1 heterocycles. The zero-order chi connectivity index (χ0) is 24.7. The van der Waals surface area contributed by atoms with Gasteiger partial charge < -0.3 is 20.5 Å². The molecule has 0 saturated carbocycles. The number of anilines is 3. The van der Waals surface area contributed by atoms with E-state index in [0.717, 1.165) is 27.0 Å². The van der Waals surface area contributed by atoms with Gasteiger partial charge in [-0.05, 0) is 45.2 Å². The minimum Gasteiger partial charge on any atom is -0.504 e. The van der Waals surface area contributed by atoms with Crippen LogP contribution in [0.15, 0.2) is 26.6 Å². The van der Waals surface area contributed by atoms with E-state index in [0.29, 0.717) is 10.9 Å². The number of ether oxygens (including phenoxy) is 1. The summed E-state index contributed by atoms with van der Waals surface area (Å²) in [7, 11) is -2.01. The van der Waals surface area contributed by atoms with Crippen LogP contribution in [0.25, 0.3) is 0 Å². The first-order valence-corrected chi connectivity index (χ1v) is 12.3. The number of sulfonamides is 1. The number of nitrogens with zero attached hydrogens (tertiary/aromatic N) is 1. The third-order valence-electron chi connectivity index (χ3n) is 6.09. The van der Waals surface area contributed by atoms with Crippen LogP contribution in [0.2, 0.25) is 5.02 Å². The van der Waals surface area contributed by atoms with E-state index in [9.17, 15) is 23.1 Å². The molecule has 0 aliphatic carbocycles. The van der Waals surface area contributed by atoms with Crippen LogP contribution >= 0.6 is 11.6 Å². The predicted molar refractivity (Wildman–Crippen MR) is 126 cm³/mol. The highest BCUT2D eigenvalue weighted by Gasteiger charge is 2.41. The van der Waals surface area contributed by atoms with Crippen molar-refractivity contribution >= 4 is 38.7 Å². The van der Waals surface area contributed by atoms with E-state index >= 15 is 0 Å². The second-order valence-electron chi connectivity index (χ2n) is 8.29. The summed E-state index contributed by atoms with van der Waals surface area (Å²) >= 11 is 6.03. The molecule has 1 aliphatic rings. The number of halogens is 1. The number of benzene rings is 1. The maximum absolute atomic E-state index is 12.7. The molecule has 12 heteroatoms. The van der Waals surface area contributed by atoms with E-state index in [4.69, 9.17) is 21.2 Å². The summed E-state index contributed by atoms with van der Waals surface area (Å²) < 4.78 is 31.9. The van der Waals surface area contributed by atoms with E-state index in [1.54, 1.807) is 0 Å². The summed E-state index contributed by atoms with van der Waals surface area (Å²) in [4.78, 5) is 28.8. The minimum absolute atomic E-state index is 0.0593. The Kier molecular flexibility index (Phi) is 7.11. The standard InChI is InChI=1S/C21H28ClN3O7S/c1-6-14(21(3)10-9-11(2)32-21)24-16-15(18(27)19(16)28)23-13-8-7-12(22)20(17(13)26)33(29,30)25(4)31-5/h7-8,11,14,23-24,26H,6,9-10H2,1-5H3/t11-,14-,21-/m1/s1. The van der Waals surface area contributed by atoms with Gasteiger partial charge >= 0.3 is 0 Å². The van der Waals surface area contributed by atoms with Crippen molar-refractivity contribution in [3.05, 3.63) is 37.6 Å². The van der Waals surface area contributed by atoms with Crippen LogP contribution in [0.4, 0.5) is 17.1 Å². The van der Waals surface area contributed by atoms with Crippen LogP contribution in [-0.2, 0) is 19.6 Å². The number of phenols is 1. The van der Waals surface area contributed by atoms with Gasteiger partial charge in [0, 0.05) is 7.05 Å². The zero-order valence-corrected chi connectivity index (χ0v) is 20.6. The molecule has 10 nitrogen and oxygen atoms in total. The molecule has 2 aromatic carbocycles. The Hall–Kier alpha value is -2.18. The van der Waals surface area contributed by atoms with E-state index in [1.165, 1.54) is 12.1 Å². The van der Waals surface area contributed by atoms with E-state index < -0.39 is 37.1 Å². The van der Waals surface area contributed by atoms with Gasteiger partial charge in [0.25, 0.3) is 20.9 Å². The van der Waals surface area contributed by atoms with Gasteiger partial charge in [-0.3, -0.25) is 14.4 Å². The van der Waals surface area contributed by atoms with Gasteiger partial charge in [-0.25, -0.2) is 8.42 Å². The Bertz CT molecular complexity index is 1230. The number of nitrogens with one attached hydrogen (secondary N) is 2. The molecule has 1 saturated heterocycles. The summed E-state index contributed by atoms with van der Waals surface area (Å²) in [5.74, 6) is -0.711. The third kappa shape index (κ3) is 4.47. The van der Waals surface area contributed by atoms with Gasteiger partial charge in [0.05, 0.1) is 35.6 Å². The van der Waals surface area contributed by atoms with E-state index in [1.807, 2.05) is 20.8 Å². The molecule has 1 aliphatic heterocycles. The molecular formula is C21H28ClN3O7S. The fourth-order valence-corrected chi connectivity index (χ4v) is 5.65. The summed E-state index contributed by atoms with van der Waals surface area (Å²) in [6, 6.07) is 2.32. The molecular weight excluding hydrogens is 474 g/mol. The van der Waals surface area contributed by atoms with Crippen molar-refractivity contribution < 1.29 is 23.1 Å². The quantitative estimate of drug-likeness (QED) is 0.269. The molecule has 0 bridgehead atoms. The van der Waals surface area contributed by atoms with Crippen LogP contribution in [-0.4, -0.2) is 49.9 Å². The van der Waals surface area contributed by atoms with Crippen LogP contribution < -0.4 is 21.5 Å². The number of hydroxylamine groups is 1. The van der Waals surface area contributed by atoms with Gasteiger partial charge in [0.15, 0.2) is 5.75 Å². The SMILES string of the molecule is CC[C@@H](Nc1c(Nc2ccc(Cl)c(S(=O)(=O)N(C)OC)c2O)c(=O)c1=O)[C@@]1(C)CC[C@@H](C)O1. The number of hydrogen-bond acceptors (Lipinski definition) is 9. The number of hydrogen-bond donors (Lipinski definition) is 3. The summed E-state index contributed by atoms with van der Waals surface area (Å²) in [5, 5.41) is 16.2. The topological polar surface area (TPSA) is 134 Å². The van der Waals surface area contributed by atoms with Gasteiger partial charge in [-0.2, -0.15) is 0 Å². The van der Waals surface area contributed by atoms with E-state index in [-0.39, 0.29) is 34.2 Å². The minimum atomic E-state index is -4.29. The fourth-order valence-electron chi connectivity index (χ4n) is 4.09. The maximum atomic E-state index is 12.7. The van der Waals surface area contributed by atoms with Crippen LogP contribution in [0.5, 0.6) is 5.75 Å². The average molecular weight is 502 g/mol. The maximum Gasteiger partial charge on any atom is 0.269 e. The van der Waals surface area contributed by atoms with Crippen molar-refractivity contribution in [1.82, 2.24) is 4.47 Å². The predicted octanol–water partition coefficient (Wildman–Crippen LogP) is 2.72. The number of phenolic OH excluding ortho intramolecular Hbond substituents is 1. The third-order valence-corrected chi connectivity index (χ3v) is 8.27. The molecule has 0 spiro atoms. The van der Waals surface area contributed by atoms with Gasteiger partial charge in [0.2, 0.25) is 0 Å². The largest absolute Gasteiger partial charge is 0.504 e. The highest BCUT2D eigenvalue weighted by molar-refractivity contribution is 7.89. The first-order chi connectivity index (χ1) is 15.4. The van der Waals surface area contributed by atoms with Crippen molar-refractivity contribution in [3.8, 4) is 5.75 Å². The summed E-state index contributed by atoms with van der Waals surface area (Å²) in [6.45, 7) is 5.89. The fraction of sp³-hybridized carbons (Fsp3) is 0.524. The molecule has 3 rings (SSSR count). The first-order valence-electron chi connectivity index (χ1n) is 10.5.